The fourth-order valence-electron chi connectivity index (χ4n) is 2.24. The third-order valence-corrected chi connectivity index (χ3v) is 3.67. The number of aliphatic hydroxyl groups is 1. The lowest BCUT2D eigenvalue weighted by Crippen LogP contribution is -2.14. The molecule has 2 aromatic rings. The Morgan fingerprint density at radius 3 is 2.21 bits per heavy atom. The third-order valence-electron chi connectivity index (χ3n) is 3.67. The fraction of sp³-hybridized carbons (Fsp3) is 0.150. The van der Waals surface area contributed by atoms with Crippen LogP contribution >= 0.6 is 0 Å². The number of anilines is 1. The topological polar surface area (TPSA) is 127 Å². The van der Waals surface area contributed by atoms with Crippen molar-refractivity contribution < 1.29 is 29.0 Å². The van der Waals surface area contributed by atoms with Gasteiger partial charge in [-0.05, 0) is 37.3 Å². The molecule has 0 aliphatic carbocycles. The van der Waals surface area contributed by atoms with E-state index in [1.165, 1.54) is 39.3 Å². The first kappa shape index (κ1) is 21.3. The summed E-state index contributed by atoms with van der Waals surface area (Å²) in [6.07, 6.45) is 0. The number of aliphatic hydroxyl groups excluding tert-OH is 1. The van der Waals surface area contributed by atoms with Gasteiger partial charge in [0.1, 0.15) is 11.4 Å². The van der Waals surface area contributed by atoms with E-state index in [1.807, 2.05) is 0 Å². The average Bonchev–Trinajstić information content (AvgIpc) is 2.73. The summed E-state index contributed by atoms with van der Waals surface area (Å²) in [7, 11) is 2.40. The van der Waals surface area contributed by atoms with E-state index in [2.05, 4.69) is 25.0 Å². The number of allylic oxidation sites excluding steroid dienone is 1. The Morgan fingerprint density at radius 1 is 0.966 bits per heavy atom. The Labute approximate surface area is 166 Å². The monoisotopic (exact) mass is 397 g/mol. The summed E-state index contributed by atoms with van der Waals surface area (Å²) in [5, 5.41) is 20.1. The first-order chi connectivity index (χ1) is 13.9. The summed E-state index contributed by atoms with van der Waals surface area (Å²) in [5.41, 5.74) is 0.227. The van der Waals surface area contributed by atoms with Gasteiger partial charge in [-0.2, -0.15) is 0 Å². The van der Waals surface area contributed by atoms with Crippen LogP contribution in [0, 0.1) is 0 Å². The molecule has 0 aliphatic rings. The molecule has 0 saturated heterocycles. The van der Waals surface area contributed by atoms with E-state index < -0.39 is 17.8 Å². The van der Waals surface area contributed by atoms with Gasteiger partial charge in [0.25, 0.3) is 5.91 Å². The molecule has 0 spiro atoms. The highest BCUT2D eigenvalue weighted by Crippen LogP contribution is 2.24. The predicted octanol–water partition coefficient (Wildman–Crippen LogP) is 3.77. The molecule has 2 rings (SSSR count). The molecule has 0 unspecified atom stereocenters. The number of benzene rings is 2. The number of carbonyl (C=O) groups is 3. The number of azo groups is 1. The van der Waals surface area contributed by atoms with Gasteiger partial charge in [0, 0.05) is 5.69 Å². The van der Waals surface area contributed by atoms with Crippen LogP contribution in [0.15, 0.2) is 70.2 Å². The van der Waals surface area contributed by atoms with E-state index in [0.717, 1.165) is 0 Å². The van der Waals surface area contributed by atoms with Crippen molar-refractivity contribution in [1.82, 2.24) is 0 Å². The van der Waals surface area contributed by atoms with Gasteiger partial charge in [-0.1, -0.05) is 18.2 Å². The molecule has 0 aliphatic heterocycles. The van der Waals surface area contributed by atoms with Crippen LogP contribution in [0.2, 0.25) is 0 Å². The molecule has 0 bridgehead atoms. The molecule has 0 saturated carbocycles. The number of ether oxygens (including phenoxy) is 2. The highest BCUT2D eigenvalue weighted by molar-refractivity contribution is 6.03. The number of carbonyl (C=O) groups excluding carboxylic acids is 3. The lowest BCUT2D eigenvalue weighted by atomic mass is 10.1. The molecule has 0 aromatic heterocycles. The van der Waals surface area contributed by atoms with Crippen molar-refractivity contribution in [1.29, 1.82) is 0 Å². The standard InChI is InChI=1S/C20H19N3O6/c1-12(24)17(18(25)21-14-7-5-4-6-8-14)23-22-16-11-13(19(26)28-2)9-10-15(16)20(27)29-3/h4-11,24H,1-3H3,(H,21,25). The van der Waals surface area contributed by atoms with Gasteiger partial charge in [-0.3, -0.25) is 4.79 Å². The Bertz CT molecular complexity index is 979. The number of nitrogens with one attached hydrogen (secondary N) is 1. The quantitative estimate of drug-likeness (QED) is 0.331. The third kappa shape index (κ3) is 5.48. The average molecular weight is 397 g/mol. The zero-order chi connectivity index (χ0) is 21.4. The van der Waals surface area contributed by atoms with Crippen molar-refractivity contribution in [2.45, 2.75) is 6.92 Å². The van der Waals surface area contributed by atoms with E-state index in [4.69, 9.17) is 0 Å². The molecule has 0 fully saturated rings. The van der Waals surface area contributed by atoms with Crippen molar-refractivity contribution in [3.8, 4) is 0 Å². The lowest BCUT2D eigenvalue weighted by Gasteiger charge is -2.07. The zero-order valence-corrected chi connectivity index (χ0v) is 16.0. The highest BCUT2D eigenvalue weighted by atomic mass is 16.5. The predicted molar refractivity (Wildman–Crippen MR) is 104 cm³/mol. The largest absolute Gasteiger partial charge is 0.510 e. The first-order valence-electron chi connectivity index (χ1n) is 8.36. The second-order valence-electron chi connectivity index (χ2n) is 5.67. The maximum absolute atomic E-state index is 12.4. The normalized spacial score (nSPS) is 11.6. The number of esters is 2. The van der Waals surface area contributed by atoms with Gasteiger partial charge in [0.2, 0.25) is 0 Å². The highest BCUT2D eigenvalue weighted by Gasteiger charge is 2.17. The molecule has 2 aromatic carbocycles. The molecule has 29 heavy (non-hydrogen) atoms. The Hall–Kier alpha value is -4.01. The van der Waals surface area contributed by atoms with Crippen LogP contribution in [0.1, 0.15) is 27.6 Å². The number of methoxy groups -OCH3 is 2. The van der Waals surface area contributed by atoms with Crippen LogP contribution < -0.4 is 5.32 Å². The molecule has 0 heterocycles. The van der Waals surface area contributed by atoms with Crippen LogP contribution in [-0.2, 0) is 14.3 Å². The molecule has 150 valence electrons. The Balaban J connectivity index is 2.39. The first-order valence-corrected chi connectivity index (χ1v) is 8.36. The number of hydrogen-bond acceptors (Lipinski definition) is 8. The molecular formula is C20H19N3O6. The maximum Gasteiger partial charge on any atom is 0.340 e. The number of rotatable bonds is 6. The van der Waals surface area contributed by atoms with E-state index in [1.54, 1.807) is 30.3 Å². The van der Waals surface area contributed by atoms with Gasteiger partial charge < -0.3 is 19.9 Å². The van der Waals surface area contributed by atoms with Crippen molar-refractivity contribution in [2.75, 3.05) is 19.5 Å². The number of para-hydroxylation sites is 1. The number of hydrogen-bond donors (Lipinski definition) is 2. The summed E-state index contributed by atoms with van der Waals surface area (Å²) in [5.74, 6) is -2.45. The Morgan fingerprint density at radius 2 is 1.62 bits per heavy atom. The summed E-state index contributed by atoms with van der Waals surface area (Å²) in [6.45, 7) is 1.27. The minimum Gasteiger partial charge on any atom is -0.510 e. The van der Waals surface area contributed by atoms with Gasteiger partial charge in [-0.15, -0.1) is 10.2 Å². The minimum atomic E-state index is -0.713. The van der Waals surface area contributed by atoms with Crippen molar-refractivity contribution >= 4 is 29.2 Å². The van der Waals surface area contributed by atoms with Crippen LogP contribution in [0.25, 0.3) is 0 Å². The summed E-state index contributed by atoms with van der Waals surface area (Å²) in [4.78, 5) is 36.1. The van der Waals surface area contributed by atoms with Crippen LogP contribution in [0.3, 0.4) is 0 Å². The minimum absolute atomic E-state index is 0.0160. The summed E-state index contributed by atoms with van der Waals surface area (Å²) >= 11 is 0. The zero-order valence-electron chi connectivity index (χ0n) is 16.0. The summed E-state index contributed by atoms with van der Waals surface area (Å²) < 4.78 is 9.33. The molecule has 1 amide bonds. The van der Waals surface area contributed by atoms with Crippen LogP contribution in [-0.4, -0.2) is 37.2 Å². The number of nitrogens with zero attached hydrogens (tertiary/aromatic N) is 2. The SMILES string of the molecule is COC(=O)c1ccc(C(=O)OC)c(N=NC(C(=O)Nc2ccccc2)=C(C)O)c1. The smallest absolute Gasteiger partial charge is 0.340 e. The maximum atomic E-state index is 12.4. The molecule has 9 nitrogen and oxygen atoms in total. The van der Waals surface area contributed by atoms with Crippen LogP contribution in [0.5, 0.6) is 0 Å². The molecule has 0 atom stereocenters. The van der Waals surface area contributed by atoms with Crippen LogP contribution in [0.4, 0.5) is 11.4 Å². The van der Waals surface area contributed by atoms with E-state index in [0.29, 0.717) is 5.69 Å². The molecular weight excluding hydrogens is 378 g/mol. The van der Waals surface area contributed by atoms with Gasteiger partial charge >= 0.3 is 11.9 Å². The number of amides is 1. The van der Waals surface area contributed by atoms with Crippen molar-refractivity contribution in [3.05, 3.63) is 71.1 Å². The molecule has 0 radical (unpaired) electrons. The molecule has 9 heteroatoms. The van der Waals surface area contributed by atoms with Gasteiger partial charge in [0.05, 0.1) is 25.3 Å². The van der Waals surface area contributed by atoms with E-state index in [9.17, 15) is 19.5 Å². The second-order valence-corrected chi connectivity index (χ2v) is 5.67. The Kier molecular flexibility index (Phi) is 7.19. The lowest BCUT2D eigenvalue weighted by molar-refractivity contribution is -0.113. The van der Waals surface area contributed by atoms with Crippen molar-refractivity contribution in [2.24, 2.45) is 10.2 Å². The van der Waals surface area contributed by atoms with E-state index in [-0.39, 0.29) is 28.3 Å². The fourth-order valence-corrected chi connectivity index (χ4v) is 2.24. The second kappa shape index (κ2) is 9.79. The molecule has 2 N–H and O–H groups in total. The van der Waals surface area contributed by atoms with Crippen molar-refractivity contribution in [3.63, 3.8) is 0 Å². The summed E-state index contributed by atoms with van der Waals surface area (Å²) in [6, 6.07) is 12.5. The van der Waals surface area contributed by atoms with E-state index >= 15 is 0 Å². The van der Waals surface area contributed by atoms with Gasteiger partial charge in [0.15, 0.2) is 5.70 Å². The van der Waals surface area contributed by atoms with Gasteiger partial charge in [-0.25, -0.2) is 9.59 Å².